The number of rotatable bonds is 3. The Morgan fingerprint density at radius 1 is 1.08 bits per heavy atom. The number of hydrogen-bond donors (Lipinski definition) is 1. The highest BCUT2D eigenvalue weighted by molar-refractivity contribution is 7.89. The summed E-state index contributed by atoms with van der Waals surface area (Å²) in [5.41, 5.74) is 0.726. The minimum absolute atomic E-state index is 0. The Labute approximate surface area is 155 Å². The Morgan fingerprint density at radius 2 is 1.88 bits per heavy atom. The molecule has 0 saturated carbocycles. The number of pyridine rings is 1. The molecule has 25 heavy (non-hydrogen) atoms. The summed E-state index contributed by atoms with van der Waals surface area (Å²) in [6.07, 6.45) is 6.05. The lowest BCUT2D eigenvalue weighted by molar-refractivity contribution is 0.234. The number of nitrogens with one attached hydrogen (secondary N) is 1. The second-order valence-corrected chi connectivity index (χ2v) is 8.68. The Morgan fingerprint density at radius 3 is 2.60 bits per heavy atom. The van der Waals surface area contributed by atoms with Crippen molar-refractivity contribution in [2.45, 2.75) is 36.6 Å². The number of sulfonamides is 1. The first-order valence-corrected chi connectivity index (χ1v) is 10.2. The summed E-state index contributed by atoms with van der Waals surface area (Å²) in [5, 5.41) is 4.27. The Bertz CT molecular complexity index is 824. The summed E-state index contributed by atoms with van der Waals surface area (Å²) >= 11 is 0. The van der Waals surface area contributed by atoms with Crippen molar-refractivity contribution in [2.24, 2.45) is 5.92 Å². The summed E-state index contributed by atoms with van der Waals surface area (Å²) in [5.74, 6) is 0.605. The quantitative estimate of drug-likeness (QED) is 0.888. The van der Waals surface area contributed by atoms with E-state index >= 15 is 0 Å². The standard InChI is InChI=1S/C18H23N3O2S.ClH/c22-24(23,18-7-1-5-17-15(18)4-2-10-20-17)21-12-8-14(9-13-21)16-6-3-11-19-16;/h1-2,4-5,7,10,14,16,19H,3,6,8-9,11-13H2;1H. The highest BCUT2D eigenvalue weighted by Gasteiger charge is 2.34. The van der Waals surface area contributed by atoms with Gasteiger partial charge in [-0.2, -0.15) is 4.31 Å². The topological polar surface area (TPSA) is 62.3 Å². The molecule has 2 aliphatic rings. The van der Waals surface area contributed by atoms with E-state index in [4.69, 9.17) is 0 Å². The molecule has 0 amide bonds. The fourth-order valence-corrected chi connectivity index (χ4v) is 5.74. The molecule has 3 heterocycles. The zero-order valence-electron chi connectivity index (χ0n) is 14.1. The normalized spacial score (nSPS) is 22.8. The number of piperidine rings is 1. The van der Waals surface area contributed by atoms with E-state index in [1.165, 1.54) is 12.8 Å². The van der Waals surface area contributed by atoms with Crippen LogP contribution in [0.5, 0.6) is 0 Å². The summed E-state index contributed by atoms with van der Waals surface area (Å²) in [6, 6.07) is 9.54. The summed E-state index contributed by atoms with van der Waals surface area (Å²) < 4.78 is 27.9. The monoisotopic (exact) mass is 381 g/mol. The average Bonchev–Trinajstić information content (AvgIpc) is 3.16. The minimum atomic E-state index is -3.46. The fraction of sp³-hybridized carbons (Fsp3) is 0.500. The van der Waals surface area contributed by atoms with Crippen LogP contribution in [0.2, 0.25) is 0 Å². The van der Waals surface area contributed by atoms with Crippen LogP contribution < -0.4 is 5.32 Å². The Hall–Kier alpha value is -1.21. The number of halogens is 1. The molecule has 0 spiro atoms. The van der Waals surface area contributed by atoms with Gasteiger partial charge in [-0.05, 0) is 62.4 Å². The van der Waals surface area contributed by atoms with Gasteiger partial charge in [0.15, 0.2) is 0 Å². The maximum atomic E-state index is 13.1. The highest BCUT2D eigenvalue weighted by atomic mass is 35.5. The fourth-order valence-electron chi connectivity index (χ4n) is 4.07. The second-order valence-electron chi connectivity index (χ2n) is 6.77. The van der Waals surface area contributed by atoms with Gasteiger partial charge >= 0.3 is 0 Å². The molecule has 136 valence electrons. The Kier molecular flexibility index (Phi) is 5.63. The molecule has 2 aliphatic heterocycles. The molecule has 2 aromatic rings. The minimum Gasteiger partial charge on any atom is -0.314 e. The predicted octanol–water partition coefficient (Wildman–Crippen LogP) is 2.81. The predicted molar refractivity (Wildman–Crippen MR) is 101 cm³/mol. The third kappa shape index (κ3) is 3.53. The maximum absolute atomic E-state index is 13.1. The van der Waals surface area contributed by atoms with Crippen LogP contribution in [0, 0.1) is 5.92 Å². The number of fused-ring (bicyclic) bond motifs is 1. The smallest absolute Gasteiger partial charge is 0.243 e. The van der Waals surface area contributed by atoms with Crippen molar-refractivity contribution < 1.29 is 8.42 Å². The van der Waals surface area contributed by atoms with Crippen molar-refractivity contribution in [1.29, 1.82) is 0 Å². The van der Waals surface area contributed by atoms with Crippen molar-refractivity contribution in [3.05, 3.63) is 36.5 Å². The largest absolute Gasteiger partial charge is 0.314 e. The van der Waals surface area contributed by atoms with Gasteiger partial charge in [-0.15, -0.1) is 12.4 Å². The Balaban J connectivity index is 0.00000182. The zero-order valence-corrected chi connectivity index (χ0v) is 15.7. The number of hydrogen-bond acceptors (Lipinski definition) is 4. The van der Waals surface area contributed by atoms with E-state index < -0.39 is 10.0 Å². The number of aromatic nitrogens is 1. The van der Waals surface area contributed by atoms with E-state index in [0.717, 1.165) is 24.9 Å². The highest BCUT2D eigenvalue weighted by Crippen LogP contribution is 2.30. The van der Waals surface area contributed by atoms with Gasteiger partial charge in [0.25, 0.3) is 0 Å². The van der Waals surface area contributed by atoms with Crippen LogP contribution >= 0.6 is 12.4 Å². The van der Waals surface area contributed by atoms with Crippen LogP contribution in [0.3, 0.4) is 0 Å². The molecule has 1 aromatic carbocycles. The van der Waals surface area contributed by atoms with Crippen LogP contribution in [0.4, 0.5) is 0 Å². The molecule has 2 fully saturated rings. The van der Waals surface area contributed by atoms with Gasteiger partial charge in [0.1, 0.15) is 0 Å². The number of nitrogens with zero attached hydrogens (tertiary/aromatic N) is 2. The summed E-state index contributed by atoms with van der Waals surface area (Å²) in [6.45, 7) is 2.33. The molecule has 2 saturated heterocycles. The molecule has 4 rings (SSSR count). The molecule has 7 heteroatoms. The van der Waals surface area contributed by atoms with Gasteiger partial charge in [0, 0.05) is 30.7 Å². The molecule has 1 atom stereocenters. The zero-order chi connectivity index (χ0) is 16.6. The van der Waals surface area contributed by atoms with E-state index in [0.29, 0.717) is 35.3 Å². The summed E-state index contributed by atoms with van der Waals surface area (Å²) in [7, 11) is -3.46. The van der Waals surface area contributed by atoms with E-state index in [1.54, 1.807) is 28.7 Å². The van der Waals surface area contributed by atoms with Crippen LogP contribution in [-0.2, 0) is 10.0 Å². The van der Waals surface area contributed by atoms with Gasteiger partial charge < -0.3 is 5.32 Å². The van der Waals surface area contributed by atoms with E-state index in [2.05, 4.69) is 10.3 Å². The van der Waals surface area contributed by atoms with Crippen LogP contribution in [-0.4, -0.2) is 43.4 Å². The van der Waals surface area contributed by atoms with Crippen molar-refractivity contribution in [2.75, 3.05) is 19.6 Å². The third-order valence-electron chi connectivity index (χ3n) is 5.39. The van der Waals surface area contributed by atoms with E-state index in [-0.39, 0.29) is 12.4 Å². The van der Waals surface area contributed by atoms with Gasteiger partial charge in [-0.3, -0.25) is 4.98 Å². The van der Waals surface area contributed by atoms with Gasteiger partial charge in [0.05, 0.1) is 10.4 Å². The molecular weight excluding hydrogens is 358 g/mol. The van der Waals surface area contributed by atoms with Crippen molar-refractivity contribution >= 4 is 33.3 Å². The van der Waals surface area contributed by atoms with Crippen LogP contribution in [0.25, 0.3) is 10.9 Å². The lowest BCUT2D eigenvalue weighted by Crippen LogP contribution is -2.43. The summed E-state index contributed by atoms with van der Waals surface area (Å²) in [4.78, 5) is 4.65. The molecule has 1 N–H and O–H groups in total. The van der Waals surface area contributed by atoms with E-state index in [1.807, 2.05) is 12.1 Å². The van der Waals surface area contributed by atoms with Crippen molar-refractivity contribution in [3.8, 4) is 0 Å². The maximum Gasteiger partial charge on any atom is 0.243 e. The molecular formula is C18H24ClN3O2S. The van der Waals surface area contributed by atoms with Gasteiger partial charge in [0.2, 0.25) is 10.0 Å². The lowest BCUT2D eigenvalue weighted by atomic mass is 9.89. The SMILES string of the molecule is Cl.O=S(=O)(c1cccc2ncccc12)N1CCC(C2CCCN2)CC1. The molecule has 0 radical (unpaired) electrons. The molecule has 1 unspecified atom stereocenters. The molecule has 0 bridgehead atoms. The first kappa shape index (κ1) is 18.6. The van der Waals surface area contributed by atoms with Crippen molar-refractivity contribution in [3.63, 3.8) is 0 Å². The van der Waals surface area contributed by atoms with Gasteiger partial charge in [-0.1, -0.05) is 6.07 Å². The lowest BCUT2D eigenvalue weighted by Gasteiger charge is -2.34. The second kappa shape index (κ2) is 7.58. The molecule has 5 nitrogen and oxygen atoms in total. The van der Waals surface area contributed by atoms with Crippen LogP contribution in [0.15, 0.2) is 41.4 Å². The van der Waals surface area contributed by atoms with Crippen LogP contribution in [0.1, 0.15) is 25.7 Å². The first-order valence-electron chi connectivity index (χ1n) is 8.73. The third-order valence-corrected chi connectivity index (χ3v) is 7.35. The van der Waals surface area contributed by atoms with Gasteiger partial charge in [-0.25, -0.2) is 8.42 Å². The van der Waals surface area contributed by atoms with E-state index in [9.17, 15) is 8.42 Å². The number of benzene rings is 1. The molecule has 0 aliphatic carbocycles. The average molecular weight is 382 g/mol. The van der Waals surface area contributed by atoms with Crippen molar-refractivity contribution in [1.82, 2.24) is 14.6 Å². The first-order chi connectivity index (χ1) is 11.7. The molecule has 1 aromatic heterocycles.